The van der Waals surface area contributed by atoms with Gasteiger partial charge in [-0.1, -0.05) is 234 Å². The lowest BCUT2D eigenvalue weighted by molar-refractivity contribution is -0.301. The number of aliphatic hydroxyl groups excluding tert-OH is 2. The molecule has 0 aromatic heterocycles. The minimum absolute atomic E-state index is 0.0416. The van der Waals surface area contributed by atoms with Crippen LogP contribution < -0.4 is 0 Å². The summed E-state index contributed by atoms with van der Waals surface area (Å²) in [4.78, 5) is 51.2. The molecule has 1 fully saturated rings. The standard InChI is InChI=1S/C67H112O12/c1-4-7-10-13-16-19-22-25-27-29-30-32-34-37-40-43-46-49-52-55-61(70)78-65-63(72)62(71)64(66(73)74)79-67(65)76-57-58(77-60(69)54-51-48-45-42-39-35-24-21-18-15-12-9-6-3)56-75-59(68)53-50-47-44-41-38-36-33-31-28-26-23-20-17-14-11-8-5-2/h8,11,16-17,19-20,25-28,30,32-33,36,58,62-65,67,71-72H,4-7,9-10,12-15,18,21-24,29,31,34-35,37-57H2,1-3H3,(H,73,74)/b11-8-,19-16-,20-17-,27-25-,28-26-,32-30-,36-33-. The number of aliphatic carboxylic acids is 1. The number of unbranched alkanes of at least 4 members (excludes halogenated alkanes) is 25. The van der Waals surface area contributed by atoms with Crippen molar-refractivity contribution in [2.75, 3.05) is 13.2 Å². The molecule has 3 N–H and O–H groups in total. The molecule has 452 valence electrons. The van der Waals surface area contributed by atoms with Gasteiger partial charge < -0.3 is 39.0 Å². The summed E-state index contributed by atoms with van der Waals surface area (Å²) in [5, 5.41) is 31.6. The number of carbonyl (C=O) groups excluding carboxylic acids is 3. The van der Waals surface area contributed by atoms with Crippen LogP contribution >= 0.6 is 0 Å². The minimum atomic E-state index is -1.91. The molecule has 79 heavy (non-hydrogen) atoms. The molecule has 0 aromatic carbocycles. The zero-order valence-electron chi connectivity index (χ0n) is 49.8. The summed E-state index contributed by atoms with van der Waals surface area (Å²) in [6.07, 6.45) is 58.2. The Labute approximate surface area is 480 Å². The molecule has 0 amide bonds. The quantitative estimate of drug-likeness (QED) is 0.0228. The molecule has 1 aliphatic heterocycles. The second kappa shape index (κ2) is 54.5. The van der Waals surface area contributed by atoms with Crippen molar-refractivity contribution in [2.45, 2.75) is 302 Å². The maximum absolute atomic E-state index is 13.2. The van der Waals surface area contributed by atoms with Gasteiger partial charge in [0.15, 0.2) is 24.6 Å². The van der Waals surface area contributed by atoms with Crippen molar-refractivity contribution in [3.8, 4) is 0 Å². The van der Waals surface area contributed by atoms with E-state index in [0.29, 0.717) is 19.3 Å². The molecule has 0 aromatic rings. The first-order valence-corrected chi connectivity index (χ1v) is 31.6. The molecular formula is C67H112O12. The first kappa shape index (κ1) is 72.9. The van der Waals surface area contributed by atoms with E-state index >= 15 is 0 Å². The molecule has 12 heteroatoms. The zero-order valence-corrected chi connectivity index (χ0v) is 49.8. The maximum atomic E-state index is 13.2. The van der Waals surface area contributed by atoms with E-state index < -0.39 is 67.3 Å². The Kier molecular flexibility index (Phi) is 50.3. The van der Waals surface area contributed by atoms with E-state index in [-0.39, 0.29) is 25.9 Å². The highest BCUT2D eigenvalue weighted by Gasteiger charge is 2.50. The highest BCUT2D eigenvalue weighted by atomic mass is 16.7. The summed E-state index contributed by atoms with van der Waals surface area (Å²) in [5.41, 5.74) is 0. The van der Waals surface area contributed by atoms with Gasteiger partial charge >= 0.3 is 23.9 Å². The number of rotatable bonds is 53. The predicted molar refractivity (Wildman–Crippen MR) is 321 cm³/mol. The summed E-state index contributed by atoms with van der Waals surface area (Å²) in [7, 11) is 0. The number of hydrogen-bond donors (Lipinski definition) is 3. The van der Waals surface area contributed by atoms with Gasteiger partial charge in [0.2, 0.25) is 0 Å². The maximum Gasteiger partial charge on any atom is 0.335 e. The van der Waals surface area contributed by atoms with Crippen molar-refractivity contribution in [3.05, 3.63) is 85.1 Å². The summed E-state index contributed by atoms with van der Waals surface area (Å²) in [6.45, 7) is 5.84. The molecule has 12 nitrogen and oxygen atoms in total. The van der Waals surface area contributed by atoms with Gasteiger partial charge in [0.05, 0.1) is 6.61 Å². The van der Waals surface area contributed by atoms with Gasteiger partial charge in [0.1, 0.15) is 18.8 Å². The highest BCUT2D eigenvalue weighted by molar-refractivity contribution is 5.74. The van der Waals surface area contributed by atoms with E-state index in [1.165, 1.54) is 83.5 Å². The topological polar surface area (TPSA) is 175 Å². The Morgan fingerprint density at radius 2 is 0.797 bits per heavy atom. The highest BCUT2D eigenvalue weighted by Crippen LogP contribution is 2.26. The number of carboxylic acid groups (broad SMARTS) is 1. The van der Waals surface area contributed by atoms with Crippen molar-refractivity contribution < 1.29 is 58.2 Å². The van der Waals surface area contributed by atoms with Gasteiger partial charge in [0.25, 0.3) is 0 Å². The minimum Gasteiger partial charge on any atom is -0.479 e. The molecule has 1 aliphatic rings. The zero-order chi connectivity index (χ0) is 57.5. The first-order chi connectivity index (χ1) is 38.6. The van der Waals surface area contributed by atoms with Gasteiger partial charge in [-0.25, -0.2) is 4.79 Å². The number of allylic oxidation sites excluding steroid dienone is 14. The number of hydrogen-bond acceptors (Lipinski definition) is 11. The molecule has 1 rings (SSSR count). The van der Waals surface area contributed by atoms with Crippen LogP contribution in [0.5, 0.6) is 0 Å². The molecule has 1 heterocycles. The summed E-state index contributed by atoms with van der Waals surface area (Å²) in [6, 6.07) is 0. The van der Waals surface area contributed by atoms with Crippen molar-refractivity contribution in [2.24, 2.45) is 0 Å². The first-order valence-electron chi connectivity index (χ1n) is 31.6. The Balaban J connectivity index is 2.68. The lowest BCUT2D eigenvalue weighted by atomic mass is 9.98. The molecule has 1 saturated heterocycles. The van der Waals surface area contributed by atoms with Crippen LogP contribution in [0, 0.1) is 0 Å². The van der Waals surface area contributed by atoms with Gasteiger partial charge in [-0.2, -0.15) is 0 Å². The molecule has 0 saturated carbocycles. The monoisotopic (exact) mass is 1110 g/mol. The Hall–Kier alpha value is -4.10. The van der Waals surface area contributed by atoms with Crippen LogP contribution in [0.15, 0.2) is 85.1 Å². The van der Waals surface area contributed by atoms with Crippen LogP contribution in [0.1, 0.15) is 265 Å². The number of aliphatic hydroxyl groups is 2. The fourth-order valence-corrected chi connectivity index (χ4v) is 9.13. The third kappa shape index (κ3) is 44.3. The largest absolute Gasteiger partial charge is 0.479 e. The molecular weight excluding hydrogens is 997 g/mol. The SMILES string of the molecule is CC/C=C\C/C=C\C/C=C\C/C=C\CCCCCCC(=O)OCC(COC1OC(C(=O)O)C(O)C(O)C1OC(=O)CCCCCCCC/C=C\C/C=C\C/C=C\CCCCC)OC(=O)CCCCCCCCCCCCCCC. The van der Waals surface area contributed by atoms with E-state index in [9.17, 15) is 34.5 Å². The molecule has 0 spiro atoms. The van der Waals surface area contributed by atoms with E-state index in [4.69, 9.17) is 23.7 Å². The fraction of sp³-hybridized carbons (Fsp3) is 0.731. The molecule has 0 bridgehead atoms. The molecule has 0 aliphatic carbocycles. The van der Waals surface area contributed by atoms with Crippen LogP contribution in [0.25, 0.3) is 0 Å². The third-order valence-corrected chi connectivity index (χ3v) is 14.0. The average molecular weight is 1110 g/mol. The van der Waals surface area contributed by atoms with Gasteiger partial charge in [-0.3, -0.25) is 14.4 Å². The van der Waals surface area contributed by atoms with Crippen LogP contribution in [0.3, 0.4) is 0 Å². The number of ether oxygens (including phenoxy) is 5. The van der Waals surface area contributed by atoms with Crippen molar-refractivity contribution >= 4 is 23.9 Å². The van der Waals surface area contributed by atoms with Crippen molar-refractivity contribution in [1.29, 1.82) is 0 Å². The van der Waals surface area contributed by atoms with Crippen LogP contribution in [0.2, 0.25) is 0 Å². The van der Waals surface area contributed by atoms with E-state index in [1.54, 1.807) is 0 Å². The lowest BCUT2D eigenvalue weighted by Crippen LogP contribution is -2.61. The van der Waals surface area contributed by atoms with Crippen LogP contribution in [0.4, 0.5) is 0 Å². The second-order valence-corrected chi connectivity index (χ2v) is 21.3. The van der Waals surface area contributed by atoms with E-state index in [2.05, 4.69) is 106 Å². The lowest BCUT2D eigenvalue weighted by Gasteiger charge is -2.40. The smallest absolute Gasteiger partial charge is 0.335 e. The van der Waals surface area contributed by atoms with E-state index in [1.807, 2.05) is 0 Å². The summed E-state index contributed by atoms with van der Waals surface area (Å²) >= 11 is 0. The van der Waals surface area contributed by atoms with Crippen molar-refractivity contribution in [3.63, 3.8) is 0 Å². The van der Waals surface area contributed by atoms with Crippen molar-refractivity contribution in [1.82, 2.24) is 0 Å². The fourth-order valence-electron chi connectivity index (χ4n) is 9.13. The Morgan fingerprint density at radius 3 is 1.24 bits per heavy atom. The number of esters is 3. The third-order valence-electron chi connectivity index (χ3n) is 14.0. The second-order valence-electron chi connectivity index (χ2n) is 21.3. The summed E-state index contributed by atoms with van der Waals surface area (Å²) < 4.78 is 28.5. The average Bonchev–Trinajstić information content (AvgIpc) is 3.47. The number of carboxylic acids is 1. The normalized spacial score (nSPS) is 18.4. The molecule has 0 radical (unpaired) electrons. The molecule has 6 atom stereocenters. The predicted octanol–water partition coefficient (Wildman–Crippen LogP) is 16.7. The number of carbonyl (C=O) groups is 4. The van der Waals surface area contributed by atoms with E-state index in [0.717, 1.165) is 122 Å². The van der Waals surface area contributed by atoms with Gasteiger partial charge in [-0.15, -0.1) is 0 Å². The Bertz CT molecular complexity index is 1700. The van der Waals surface area contributed by atoms with Gasteiger partial charge in [0, 0.05) is 19.3 Å². The molecule has 6 unspecified atom stereocenters. The van der Waals surface area contributed by atoms with Crippen LogP contribution in [-0.4, -0.2) is 89.2 Å². The summed E-state index contributed by atoms with van der Waals surface area (Å²) in [5.74, 6) is -3.16. The Morgan fingerprint density at radius 1 is 0.430 bits per heavy atom. The van der Waals surface area contributed by atoms with Gasteiger partial charge in [-0.05, 0) is 96.3 Å². The van der Waals surface area contributed by atoms with Crippen LogP contribution in [-0.2, 0) is 42.9 Å².